The Morgan fingerprint density at radius 2 is 2.12 bits per heavy atom. The van der Waals surface area contributed by atoms with Gasteiger partial charge in [-0.05, 0) is 34.1 Å². The first-order chi connectivity index (χ1) is 7.36. The van der Waals surface area contributed by atoms with Crippen LogP contribution in [0.4, 0.5) is 5.69 Å². The molecule has 0 aliphatic rings. The normalized spacial score (nSPS) is 11.8. The zero-order valence-corrected chi connectivity index (χ0v) is 11.3. The summed E-state index contributed by atoms with van der Waals surface area (Å²) in [7, 11) is -2.04. The van der Waals surface area contributed by atoms with Gasteiger partial charge in [0.05, 0.1) is 5.69 Å². The van der Waals surface area contributed by atoms with E-state index in [4.69, 9.17) is 0 Å². The maximum Gasteiger partial charge on any atom is 0.301 e. The molecule has 0 saturated heterocycles. The average Bonchev–Trinajstić information content (AvgIpc) is 2.21. The highest BCUT2D eigenvalue weighted by Gasteiger charge is 2.16. The van der Waals surface area contributed by atoms with E-state index in [1.807, 2.05) is 0 Å². The number of hydrogen-bond acceptors (Lipinski definition) is 3. The lowest BCUT2D eigenvalue weighted by atomic mass is 10.3. The minimum absolute atomic E-state index is 0.0682. The summed E-state index contributed by atoms with van der Waals surface area (Å²) < 4.78 is 27.5. The minimum atomic E-state index is -3.53. The highest BCUT2D eigenvalue weighted by molar-refractivity contribution is 9.10. The molecule has 1 rings (SSSR count). The molecule has 0 amide bonds. The fourth-order valence-corrected chi connectivity index (χ4v) is 2.52. The quantitative estimate of drug-likeness (QED) is 0.833. The van der Waals surface area contributed by atoms with Crippen LogP contribution in [0.3, 0.4) is 0 Å². The second kappa shape index (κ2) is 5.03. The van der Waals surface area contributed by atoms with E-state index in [9.17, 15) is 13.5 Å². The fourth-order valence-electron chi connectivity index (χ4n) is 0.974. The van der Waals surface area contributed by atoms with Gasteiger partial charge < -0.3 is 5.11 Å². The molecule has 0 radical (unpaired) electrons. The number of phenolic OH excluding ortho intramolecular Hbond substituents is 1. The Labute approximate surface area is 103 Å². The van der Waals surface area contributed by atoms with Crippen LogP contribution in [-0.4, -0.2) is 31.4 Å². The van der Waals surface area contributed by atoms with Gasteiger partial charge in [0.15, 0.2) is 0 Å². The predicted octanol–water partition coefficient (Wildman–Crippen LogP) is 1.76. The standard InChI is InChI=1S/C9H13BrN2O3S/c1-3-12(2)16(14,15)11-9-5-4-7(13)6-8(9)10/h4-6,11,13H,3H2,1-2H3. The van der Waals surface area contributed by atoms with Crippen molar-refractivity contribution in [2.45, 2.75) is 6.92 Å². The van der Waals surface area contributed by atoms with Crippen LogP contribution in [0.1, 0.15) is 6.92 Å². The van der Waals surface area contributed by atoms with Crippen LogP contribution in [0.5, 0.6) is 5.75 Å². The zero-order valence-electron chi connectivity index (χ0n) is 8.94. The highest BCUT2D eigenvalue weighted by atomic mass is 79.9. The molecular formula is C9H13BrN2O3S. The minimum Gasteiger partial charge on any atom is -0.508 e. The van der Waals surface area contributed by atoms with Crippen molar-refractivity contribution in [2.24, 2.45) is 0 Å². The largest absolute Gasteiger partial charge is 0.508 e. The zero-order chi connectivity index (χ0) is 12.3. The fraction of sp³-hybridized carbons (Fsp3) is 0.333. The second-order valence-corrected chi connectivity index (χ2v) is 5.82. The van der Waals surface area contributed by atoms with Crippen molar-refractivity contribution < 1.29 is 13.5 Å². The first-order valence-corrected chi connectivity index (χ1v) is 6.82. The molecular weight excluding hydrogens is 296 g/mol. The molecule has 0 bridgehead atoms. The van der Waals surface area contributed by atoms with Gasteiger partial charge in [-0.2, -0.15) is 12.7 Å². The lowest BCUT2D eigenvalue weighted by Crippen LogP contribution is -2.32. The number of rotatable bonds is 4. The summed E-state index contributed by atoms with van der Waals surface area (Å²) in [5.74, 6) is 0.0682. The number of anilines is 1. The Bertz CT molecular complexity index is 476. The van der Waals surface area contributed by atoms with Crippen LogP contribution < -0.4 is 4.72 Å². The van der Waals surface area contributed by atoms with Crippen molar-refractivity contribution in [1.29, 1.82) is 0 Å². The molecule has 0 atom stereocenters. The topological polar surface area (TPSA) is 69.6 Å². The van der Waals surface area contributed by atoms with Crippen LogP contribution in [0, 0.1) is 0 Å². The average molecular weight is 309 g/mol. The molecule has 0 saturated carbocycles. The van der Waals surface area contributed by atoms with Gasteiger partial charge in [-0.1, -0.05) is 6.92 Å². The third kappa shape index (κ3) is 3.10. The molecule has 90 valence electrons. The van der Waals surface area contributed by atoms with Gasteiger partial charge >= 0.3 is 10.2 Å². The van der Waals surface area contributed by atoms with Gasteiger partial charge in [0.25, 0.3) is 0 Å². The maximum atomic E-state index is 11.7. The third-order valence-electron chi connectivity index (χ3n) is 2.05. The summed E-state index contributed by atoms with van der Waals surface area (Å²) in [4.78, 5) is 0. The molecule has 0 aliphatic heterocycles. The van der Waals surface area contributed by atoms with Crippen molar-refractivity contribution in [3.05, 3.63) is 22.7 Å². The van der Waals surface area contributed by atoms with Crippen molar-refractivity contribution in [2.75, 3.05) is 18.3 Å². The number of nitrogens with one attached hydrogen (secondary N) is 1. The maximum absolute atomic E-state index is 11.7. The molecule has 7 heteroatoms. The highest BCUT2D eigenvalue weighted by Crippen LogP contribution is 2.27. The number of hydrogen-bond donors (Lipinski definition) is 2. The van der Waals surface area contributed by atoms with Gasteiger partial charge in [0.1, 0.15) is 5.75 Å². The van der Waals surface area contributed by atoms with Crippen LogP contribution in [0.25, 0.3) is 0 Å². The summed E-state index contributed by atoms with van der Waals surface area (Å²) in [5, 5.41) is 9.17. The number of halogens is 1. The first-order valence-electron chi connectivity index (χ1n) is 4.59. The van der Waals surface area contributed by atoms with E-state index in [1.54, 1.807) is 6.92 Å². The summed E-state index contributed by atoms with van der Waals surface area (Å²) in [5.41, 5.74) is 0.387. The van der Waals surface area contributed by atoms with Crippen molar-refractivity contribution in [3.63, 3.8) is 0 Å². The van der Waals surface area contributed by atoms with Crippen LogP contribution in [0.15, 0.2) is 22.7 Å². The van der Waals surface area contributed by atoms with Crippen LogP contribution >= 0.6 is 15.9 Å². The van der Waals surface area contributed by atoms with E-state index in [2.05, 4.69) is 20.7 Å². The lowest BCUT2D eigenvalue weighted by molar-refractivity contribution is 0.475. The first kappa shape index (κ1) is 13.3. The molecule has 0 spiro atoms. The smallest absolute Gasteiger partial charge is 0.301 e. The Morgan fingerprint density at radius 1 is 1.50 bits per heavy atom. The summed E-state index contributed by atoms with van der Waals surface area (Å²) in [6, 6.07) is 4.32. The molecule has 1 aromatic carbocycles. The molecule has 5 nitrogen and oxygen atoms in total. The van der Waals surface area contributed by atoms with Crippen molar-refractivity contribution in [1.82, 2.24) is 4.31 Å². The van der Waals surface area contributed by atoms with Crippen molar-refractivity contribution in [3.8, 4) is 5.75 Å². The van der Waals surface area contributed by atoms with E-state index >= 15 is 0 Å². The van der Waals surface area contributed by atoms with E-state index < -0.39 is 10.2 Å². The van der Waals surface area contributed by atoms with Gasteiger partial charge in [-0.3, -0.25) is 4.72 Å². The number of aromatic hydroxyl groups is 1. The summed E-state index contributed by atoms with van der Waals surface area (Å²) in [6.07, 6.45) is 0. The van der Waals surface area contributed by atoms with E-state index in [0.717, 1.165) is 0 Å². The molecule has 0 unspecified atom stereocenters. The SMILES string of the molecule is CCN(C)S(=O)(=O)Nc1ccc(O)cc1Br. The van der Waals surface area contributed by atoms with Gasteiger partial charge in [0.2, 0.25) is 0 Å². The Morgan fingerprint density at radius 3 is 2.62 bits per heavy atom. The molecule has 0 aromatic heterocycles. The molecule has 0 heterocycles. The lowest BCUT2D eigenvalue weighted by Gasteiger charge is -2.17. The summed E-state index contributed by atoms with van der Waals surface area (Å²) in [6.45, 7) is 2.12. The molecule has 0 fully saturated rings. The van der Waals surface area contributed by atoms with E-state index in [0.29, 0.717) is 16.7 Å². The van der Waals surface area contributed by atoms with E-state index in [-0.39, 0.29) is 5.75 Å². The number of phenols is 1. The molecule has 0 aliphatic carbocycles. The van der Waals surface area contributed by atoms with E-state index in [1.165, 1.54) is 29.6 Å². The van der Waals surface area contributed by atoms with Crippen molar-refractivity contribution >= 4 is 31.8 Å². The van der Waals surface area contributed by atoms with Gasteiger partial charge in [-0.25, -0.2) is 0 Å². The number of benzene rings is 1. The number of nitrogens with zero attached hydrogens (tertiary/aromatic N) is 1. The summed E-state index contributed by atoms with van der Waals surface area (Å²) >= 11 is 3.17. The van der Waals surface area contributed by atoms with Crippen LogP contribution in [-0.2, 0) is 10.2 Å². The third-order valence-corrected chi connectivity index (χ3v) is 4.26. The predicted molar refractivity (Wildman–Crippen MR) is 66.7 cm³/mol. The second-order valence-electron chi connectivity index (χ2n) is 3.19. The van der Waals surface area contributed by atoms with Gasteiger partial charge in [-0.15, -0.1) is 0 Å². The molecule has 16 heavy (non-hydrogen) atoms. The Hall–Kier alpha value is -0.790. The Balaban J connectivity index is 2.97. The van der Waals surface area contributed by atoms with Gasteiger partial charge in [0, 0.05) is 18.1 Å². The van der Waals surface area contributed by atoms with Crippen LogP contribution in [0.2, 0.25) is 0 Å². The monoisotopic (exact) mass is 308 g/mol. The molecule has 2 N–H and O–H groups in total. The molecule has 1 aromatic rings. The Kier molecular flexibility index (Phi) is 4.17.